The molecule has 3 rings (SSSR count). The topological polar surface area (TPSA) is 98.6 Å². The maximum atomic E-state index is 12.8. The summed E-state index contributed by atoms with van der Waals surface area (Å²) in [6, 6.07) is 20.0. The number of nitrogens with zero attached hydrogens (tertiary/aromatic N) is 2. The van der Waals surface area contributed by atoms with Gasteiger partial charge in [-0.3, -0.25) is 4.79 Å². The van der Waals surface area contributed by atoms with Gasteiger partial charge >= 0.3 is 17.9 Å². The number of carboxylic acids is 1. The fourth-order valence-corrected chi connectivity index (χ4v) is 4.18. The molecule has 0 bridgehead atoms. The normalized spacial score (nSPS) is 12.1. The second-order valence-electron chi connectivity index (χ2n) is 8.59. The first-order valence-electron chi connectivity index (χ1n) is 11.8. The van der Waals surface area contributed by atoms with Crippen LogP contribution in [-0.2, 0) is 19.7 Å². The zero-order valence-electron chi connectivity index (χ0n) is 20.4. The van der Waals surface area contributed by atoms with E-state index in [1.54, 1.807) is 19.9 Å². The molecule has 1 heterocycles. The molecule has 3 aromatic rings. The van der Waals surface area contributed by atoms with Crippen LogP contribution in [0.25, 0.3) is 0 Å². The van der Waals surface area contributed by atoms with Gasteiger partial charge in [-0.2, -0.15) is 0 Å². The Morgan fingerprint density at radius 3 is 1.94 bits per heavy atom. The summed E-state index contributed by atoms with van der Waals surface area (Å²) in [5.41, 5.74) is 1.25. The van der Waals surface area contributed by atoms with Crippen molar-refractivity contribution in [2.75, 3.05) is 6.61 Å². The Labute approximate surface area is 206 Å². The molecule has 0 spiro atoms. The third-order valence-corrected chi connectivity index (χ3v) is 5.88. The zero-order chi connectivity index (χ0) is 25.3. The first-order valence-corrected chi connectivity index (χ1v) is 11.8. The van der Waals surface area contributed by atoms with Gasteiger partial charge in [0.2, 0.25) is 6.10 Å². The number of ether oxygens (including phenoxy) is 2. The number of carbonyl (C=O) groups is 2. The van der Waals surface area contributed by atoms with Crippen LogP contribution in [0.1, 0.15) is 55.1 Å². The van der Waals surface area contributed by atoms with Gasteiger partial charge in [0, 0.05) is 17.8 Å². The average molecular weight is 477 g/mol. The molecular formula is C28H32N2O5. The van der Waals surface area contributed by atoms with Crippen LogP contribution in [0.3, 0.4) is 0 Å². The number of aromatic nitrogens is 2. The maximum Gasteiger partial charge on any atom is 0.346 e. The molecule has 184 valence electrons. The summed E-state index contributed by atoms with van der Waals surface area (Å²) in [6.07, 6.45) is 1.41. The molecule has 0 saturated carbocycles. The number of unbranched alkanes of at least 4 members (excludes halogenated alkanes) is 2. The molecule has 7 heteroatoms. The molecule has 0 amide bonds. The van der Waals surface area contributed by atoms with Crippen molar-refractivity contribution in [2.45, 2.75) is 58.0 Å². The van der Waals surface area contributed by atoms with E-state index in [0.29, 0.717) is 28.9 Å². The Morgan fingerprint density at radius 2 is 1.46 bits per heavy atom. The Hall–Kier alpha value is -3.74. The van der Waals surface area contributed by atoms with Crippen LogP contribution in [-0.4, -0.2) is 39.7 Å². The highest BCUT2D eigenvalue weighted by molar-refractivity contribution is 5.77. The average Bonchev–Trinajstić information content (AvgIpc) is 2.84. The third kappa shape index (κ3) is 6.44. The van der Waals surface area contributed by atoms with Crippen LogP contribution in [0.2, 0.25) is 0 Å². The molecule has 1 aromatic heterocycles. The van der Waals surface area contributed by atoms with Crippen LogP contribution in [0, 0.1) is 13.8 Å². The molecule has 7 nitrogen and oxygen atoms in total. The highest BCUT2D eigenvalue weighted by Gasteiger charge is 2.50. The van der Waals surface area contributed by atoms with E-state index >= 15 is 0 Å². The van der Waals surface area contributed by atoms with Crippen LogP contribution < -0.4 is 4.74 Å². The zero-order valence-corrected chi connectivity index (χ0v) is 20.4. The standard InChI is InChI=1S/C28H32N2O5/c1-4-5-8-17-24(31)34-19-28(22-13-9-6-10-14-22,23-15-11-7-12-16-23)25(26(32)33)35-27-29-20(2)18-21(3)30-27/h6-7,9-16,18,25H,4-5,8,17,19H2,1-3H3,(H,32,33). The summed E-state index contributed by atoms with van der Waals surface area (Å²) in [6.45, 7) is 5.42. The van der Waals surface area contributed by atoms with Crippen molar-refractivity contribution >= 4 is 11.9 Å². The Kier molecular flexibility index (Phi) is 8.95. The van der Waals surface area contributed by atoms with Crippen molar-refractivity contribution in [3.63, 3.8) is 0 Å². The van der Waals surface area contributed by atoms with Crippen molar-refractivity contribution in [2.24, 2.45) is 0 Å². The lowest BCUT2D eigenvalue weighted by atomic mass is 9.70. The summed E-state index contributed by atoms with van der Waals surface area (Å²) >= 11 is 0. The fourth-order valence-electron chi connectivity index (χ4n) is 4.18. The second-order valence-corrected chi connectivity index (χ2v) is 8.59. The molecule has 2 aromatic carbocycles. The second kappa shape index (κ2) is 12.1. The summed E-state index contributed by atoms with van der Waals surface area (Å²) in [4.78, 5) is 34.0. The van der Waals surface area contributed by atoms with Gasteiger partial charge < -0.3 is 14.6 Å². The number of carboxylic acid groups (broad SMARTS) is 1. The highest BCUT2D eigenvalue weighted by Crippen LogP contribution is 2.38. The highest BCUT2D eigenvalue weighted by atomic mass is 16.5. The lowest BCUT2D eigenvalue weighted by Gasteiger charge is -2.38. The van der Waals surface area contributed by atoms with Crippen LogP contribution in [0.15, 0.2) is 66.7 Å². The first kappa shape index (κ1) is 25.9. The number of benzene rings is 2. The SMILES string of the molecule is CCCCCC(=O)OCC(c1ccccc1)(c1ccccc1)C(Oc1nc(C)cc(C)n1)C(=O)O. The number of esters is 1. The van der Waals surface area contributed by atoms with Gasteiger partial charge in [0.1, 0.15) is 12.0 Å². The Morgan fingerprint density at radius 1 is 0.914 bits per heavy atom. The maximum absolute atomic E-state index is 12.8. The van der Waals surface area contributed by atoms with E-state index in [9.17, 15) is 14.7 Å². The summed E-state index contributed by atoms with van der Waals surface area (Å²) in [5.74, 6) is -1.59. The predicted octanol–water partition coefficient (Wildman–Crippen LogP) is 5.04. The molecule has 0 saturated heterocycles. The van der Waals surface area contributed by atoms with E-state index in [4.69, 9.17) is 9.47 Å². The van der Waals surface area contributed by atoms with Gasteiger partial charge in [0.25, 0.3) is 0 Å². The molecule has 0 aliphatic heterocycles. The number of aryl methyl sites for hydroxylation is 2. The van der Waals surface area contributed by atoms with E-state index in [2.05, 4.69) is 16.9 Å². The lowest BCUT2D eigenvalue weighted by Crippen LogP contribution is -2.52. The molecule has 1 unspecified atom stereocenters. The van der Waals surface area contributed by atoms with Crippen molar-refractivity contribution in [1.29, 1.82) is 0 Å². The number of rotatable bonds is 12. The van der Waals surface area contributed by atoms with Crippen molar-refractivity contribution < 1.29 is 24.2 Å². The Bertz CT molecular complexity index is 1060. The Balaban J connectivity index is 2.13. The minimum absolute atomic E-state index is 0.0413. The molecule has 1 N–H and O–H groups in total. The van der Waals surface area contributed by atoms with Crippen molar-refractivity contribution in [1.82, 2.24) is 9.97 Å². The van der Waals surface area contributed by atoms with E-state index in [-0.39, 0.29) is 25.0 Å². The third-order valence-electron chi connectivity index (χ3n) is 5.88. The van der Waals surface area contributed by atoms with Crippen LogP contribution >= 0.6 is 0 Å². The number of hydrogen-bond donors (Lipinski definition) is 1. The predicted molar refractivity (Wildman–Crippen MR) is 132 cm³/mol. The van der Waals surface area contributed by atoms with E-state index in [1.807, 2.05) is 60.7 Å². The van der Waals surface area contributed by atoms with Gasteiger partial charge in [0.15, 0.2) is 0 Å². The molecule has 35 heavy (non-hydrogen) atoms. The van der Waals surface area contributed by atoms with Crippen molar-refractivity contribution in [3.05, 3.63) is 89.2 Å². The van der Waals surface area contributed by atoms with Gasteiger partial charge in [-0.1, -0.05) is 80.4 Å². The summed E-state index contributed by atoms with van der Waals surface area (Å²) in [7, 11) is 0. The van der Waals surface area contributed by atoms with E-state index in [0.717, 1.165) is 12.8 Å². The number of aliphatic carboxylic acids is 1. The molecule has 0 radical (unpaired) electrons. The quantitative estimate of drug-likeness (QED) is 0.289. The molecule has 0 fully saturated rings. The van der Waals surface area contributed by atoms with Gasteiger partial charge in [-0.25, -0.2) is 14.8 Å². The monoisotopic (exact) mass is 476 g/mol. The van der Waals surface area contributed by atoms with Crippen LogP contribution in [0.5, 0.6) is 6.01 Å². The van der Waals surface area contributed by atoms with Gasteiger partial charge in [-0.05, 0) is 37.5 Å². The minimum Gasteiger partial charge on any atom is -0.478 e. The largest absolute Gasteiger partial charge is 0.478 e. The summed E-state index contributed by atoms with van der Waals surface area (Å²) < 4.78 is 11.8. The fraction of sp³-hybridized carbons (Fsp3) is 0.357. The molecule has 0 aliphatic carbocycles. The minimum atomic E-state index is -1.48. The van der Waals surface area contributed by atoms with E-state index < -0.39 is 17.5 Å². The molecular weight excluding hydrogens is 444 g/mol. The number of hydrogen-bond acceptors (Lipinski definition) is 6. The van der Waals surface area contributed by atoms with Crippen molar-refractivity contribution in [3.8, 4) is 6.01 Å². The van der Waals surface area contributed by atoms with Gasteiger partial charge in [0.05, 0.1) is 0 Å². The lowest BCUT2D eigenvalue weighted by molar-refractivity contribution is -0.155. The van der Waals surface area contributed by atoms with Crippen LogP contribution in [0.4, 0.5) is 0 Å². The molecule has 1 atom stereocenters. The molecule has 0 aliphatic rings. The van der Waals surface area contributed by atoms with E-state index in [1.165, 1.54) is 0 Å². The number of carbonyl (C=O) groups excluding carboxylic acids is 1. The smallest absolute Gasteiger partial charge is 0.346 e. The first-order chi connectivity index (χ1) is 16.9. The summed E-state index contributed by atoms with van der Waals surface area (Å²) in [5, 5.41) is 10.4. The van der Waals surface area contributed by atoms with Gasteiger partial charge in [-0.15, -0.1) is 0 Å².